The summed E-state index contributed by atoms with van der Waals surface area (Å²) in [6, 6.07) is 0. The second-order valence-corrected chi connectivity index (χ2v) is 4.37. The summed E-state index contributed by atoms with van der Waals surface area (Å²) in [5.41, 5.74) is 1.02. The van der Waals surface area contributed by atoms with Crippen LogP contribution < -0.4 is 0 Å². The van der Waals surface area contributed by atoms with Gasteiger partial charge in [0.05, 0.1) is 0 Å². The number of hydrogen-bond acceptors (Lipinski definition) is 1. The molecule has 0 atom stereocenters. The normalized spacial score (nSPS) is 17.5. The minimum Gasteiger partial charge on any atom is -0.290 e. The van der Waals surface area contributed by atoms with Crippen LogP contribution in [0.1, 0.15) is 46.0 Å². The molecule has 14 heavy (non-hydrogen) atoms. The van der Waals surface area contributed by atoms with Crippen LogP contribution in [-0.4, -0.2) is 5.78 Å². The van der Waals surface area contributed by atoms with Crippen LogP contribution in [0.5, 0.6) is 0 Å². The van der Waals surface area contributed by atoms with E-state index in [0.717, 1.165) is 24.8 Å². The molecule has 1 heteroatoms. The molecule has 0 bridgehead atoms. The fraction of sp³-hybridized carbons (Fsp3) is 0.615. The van der Waals surface area contributed by atoms with E-state index in [2.05, 4.69) is 19.9 Å². The molecule has 1 aliphatic rings. The van der Waals surface area contributed by atoms with E-state index >= 15 is 0 Å². The average molecular weight is 192 g/mol. The van der Waals surface area contributed by atoms with Crippen molar-refractivity contribution in [3.8, 4) is 0 Å². The van der Waals surface area contributed by atoms with E-state index in [4.69, 9.17) is 0 Å². The molecule has 0 aromatic carbocycles. The smallest absolute Gasteiger partial charge is 0.181 e. The van der Waals surface area contributed by atoms with Crippen molar-refractivity contribution in [1.29, 1.82) is 0 Å². The zero-order chi connectivity index (χ0) is 10.4. The summed E-state index contributed by atoms with van der Waals surface area (Å²) in [4.78, 5) is 11.6. The molecule has 0 N–H and O–H groups in total. The molecule has 0 spiro atoms. The first kappa shape index (κ1) is 11.2. The Kier molecular flexibility index (Phi) is 4.64. The number of hydrogen-bond donors (Lipinski definition) is 0. The van der Waals surface area contributed by atoms with Gasteiger partial charge in [-0.1, -0.05) is 26.0 Å². The fourth-order valence-corrected chi connectivity index (χ4v) is 1.62. The number of carbonyl (C=O) groups excluding carboxylic acids is 1. The summed E-state index contributed by atoms with van der Waals surface area (Å²) in [5, 5.41) is 0. The van der Waals surface area contributed by atoms with Gasteiger partial charge in [-0.25, -0.2) is 0 Å². The molecule has 0 fully saturated rings. The molecular formula is C13H20O. The van der Waals surface area contributed by atoms with E-state index < -0.39 is 0 Å². The Hall–Kier alpha value is -0.850. The fourth-order valence-electron chi connectivity index (χ4n) is 1.62. The van der Waals surface area contributed by atoms with E-state index in [1.165, 1.54) is 12.8 Å². The Balaban J connectivity index is 2.41. The lowest BCUT2D eigenvalue weighted by molar-refractivity contribution is -0.111. The Morgan fingerprint density at radius 3 is 2.86 bits per heavy atom. The zero-order valence-electron chi connectivity index (χ0n) is 9.25. The predicted octanol–water partition coefficient (Wildman–Crippen LogP) is 3.66. The van der Waals surface area contributed by atoms with Crippen molar-refractivity contribution in [3.63, 3.8) is 0 Å². The second-order valence-electron chi connectivity index (χ2n) is 4.37. The minimum absolute atomic E-state index is 0.227. The van der Waals surface area contributed by atoms with Gasteiger partial charge in [0.25, 0.3) is 0 Å². The van der Waals surface area contributed by atoms with Gasteiger partial charge < -0.3 is 0 Å². The quantitative estimate of drug-likeness (QED) is 0.621. The zero-order valence-corrected chi connectivity index (χ0v) is 9.25. The van der Waals surface area contributed by atoms with Crippen molar-refractivity contribution in [2.75, 3.05) is 0 Å². The third kappa shape index (κ3) is 3.91. The molecule has 1 nitrogen and oxygen atoms in total. The van der Waals surface area contributed by atoms with Crippen LogP contribution in [0.3, 0.4) is 0 Å². The first-order valence-electron chi connectivity index (χ1n) is 5.60. The average Bonchev–Trinajstić information content (AvgIpc) is 2.18. The number of ketones is 1. The van der Waals surface area contributed by atoms with Gasteiger partial charge in [-0.05, 0) is 49.7 Å². The third-order valence-electron chi connectivity index (χ3n) is 2.48. The van der Waals surface area contributed by atoms with Crippen molar-refractivity contribution in [2.45, 2.75) is 46.0 Å². The molecule has 0 saturated heterocycles. The van der Waals surface area contributed by atoms with E-state index in [1.54, 1.807) is 6.08 Å². The molecule has 78 valence electrons. The summed E-state index contributed by atoms with van der Waals surface area (Å²) >= 11 is 0. The van der Waals surface area contributed by atoms with Crippen LogP contribution in [0.2, 0.25) is 0 Å². The van der Waals surface area contributed by atoms with Crippen molar-refractivity contribution in [3.05, 3.63) is 23.8 Å². The van der Waals surface area contributed by atoms with Gasteiger partial charge >= 0.3 is 0 Å². The van der Waals surface area contributed by atoms with Gasteiger partial charge in [0.1, 0.15) is 0 Å². The number of carbonyl (C=O) groups is 1. The van der Waals surface area contributed by atoms with E-state index in [1.807, 2.05) is 6.08 Å². The molecule has 0 saturated carbocycles. The van der Waals surface area contributed by atoms with Crippen LogP contribution in [-0.2, 0) is 4.79 Å². The highest BCUT2D eigenvalue weighted by Crippen LogP contribution is 2.18. The second kappa shape index (κ2) is 5.79. The van der Waals surface area contributed by atoms with Crippen molar-refractivity contribution < 1.29 is 4.79 Å². The maximum atomic E-state index is 11.6. The SMILES string of the molecule is CC(C)CC=CC(=O)C1=CCCCC1. The third-order valence-corrected chi connectivity index (χ3v) is 2.48. The first-order valence-corrected chi connectivity index (χ1v) is 5.60. The maximum Gasteiger partial charge on any atom is 0.181 e. The molecule has 1 rings (SSSR count). The maximum absolute atomic E-state index is 11.6. The van der Waals surface area contributed by atoms with Crippen molar-refractivity contribution in [2.24, 2.45) is 5.92 Å². The Bertz CT molecular complexity index is 246. The summed E-state index contributed by atoms with van der Waals surface area (Å²) in [7, 11) is 0. The summed E-state index contributed by atoms with van der Waals surface area (Å²) in [6.45, 7) is 4.32. The number of allylic oxidation sites excluding steroid dienone is 4. The van der Waals surface area contributed by atoms with Crippen LogP contribution in [0, 0.1) is 5.92 Å². The summed E-state index contributed by atoms with van der Waals surface area (Å²) < 4.78 is 0. The summed E-state index contributed by atoms with van der Waals surface area (Å²) in [5.74, 6) is 0.865. The molecule has 1 aliphatic carbocycles. The molecule has 0 heterocycles. The van der Waals surface area contributed by atoms with Crippen molar-refractivity contribution in [1.82, 2.24) is 0 Å². The topological polar surface area (TPSA) is 17.1 Å². The van der Waals surface area contributed by atoms with Crippen LogP contribution >= 0.6 is 0 Å². The minimum atomic E-state index is 0.227. The van der Waals surface area contributed by atoms with Gasteiger partial charge in [0, 0.05) is 0 Å². The lowest BCUT2D eigenvalue weighted by Crippen LogP contribution is -2.02. The highest BCUT2D eigenvalue weighted by Gasteiger charge is 2.08. The van der Waals surface area contributed by atoms with E-state index in [9.17, 15) is 4.79 Å². The van der Waals surface area contributed by atoms with Crippen molar-refractivity contribution >= 4 is 5.78 Å². The largest absolute Gasteiger partial charge is 0.290 e. The molecule has 0 unspecified atom stereocenters. The Labute approximate surface area is 86.9 Å². The number of rotatable bonds is 4. The molecule has 0 radical (unpaired) electrons. The van der Waals surface area contributed by atoms with E-state index in [-0.39, 0.29) is 5.78 Å². The standard InChI is InChI=1S/C13H20O/c1-11(2)7-6-10-13(14)12-8-4-3-5-9-12/h6,8,10-11H,3-5,7,9H2,1-2H3. The molecule has 0 amide bonds. The highest BCUT2D eigenvalue weighted by molar-refractivity contribution is 6.03. The monoisotopic (exact) mass is 192 g/mol. The van der Waals surface area contributed by atoms with Gasteiger partial charge in [-0.15, -0.1) is 0 Å². The Morgan fingerprint density at radius 1 is 1.50 bits per heavy atom. The van der Waals surface area contributed by atoms with Gasteiger partial charge in [-0.2, -0.15) is 0 Å². The molecule has 0 aromatic heterocycles. The molecule has 0 aliphatic heterocycles. The molecular weight excluding hydrogens is 172 g/mol. The van der Waals surface area contributed by atoms with E-state index in [0.29, 0.717) is 5.92 Å². The van der Waals surface area contributed by atoms with Crippen LogP contribution in [0.25, 0.3) is 0 Å². The Morgan fingerprint density at radius 2 is 2.29 bits per heavy atom. The highest BCUT2D eigenvalue weighted by atomic mass is 16.1. The van der Waals surface area contributed by atoms with Crippen LogP contribution in [0.4, 0.5) is 0 Å². The van der Waals surface area contributed by atoms with Crippen LogP contribution in [0.15, 0.2) is 23.8 Å². The lowest BCUT2D eigenvalue weighted by Gasteiger charge is -2.09. The van der Waals surface area contributed by atoms with Gasteiger partial charge in [-0.3, -0.25) is 4.79 Å². The first-order chi connectivity index (χ1) is 6.70. The summed E-state index contributed by atoms with van der Waals surface area (Å²) in [6.07, 6.45) is 11.3. The predicted molar refractivity (Wildman–Crippen MR) is 60.2 cm³/mol. The van der Waals surface area contributed by atoms with Gasteiger partial charge in [0.15, 0.2) is 5.78 Å². The lowest BCUT2D eigenvalue weighted by atomic mass is 9.96. The molecule has 0 aromatic rings. The van der Waals surface area contributed by atoms with Gasteiger partial charge in [0.2, 0.25) is 0 Å².